The number of hydrogen-bond acceptors (Lipinski definition) is 4. The number of rotatable bonds is 9. The van der Waals surface area contributed by atoms with Crippen molar-refractivity contribution in [2.75, 3.05) is 13.1 Å². The van der Waals surface area contributed by atoms with E-state index >= 15 is 0 Å². The first-order chi connectivity index (χ1) is 13.0. The van der Waals surface area contributed by atoms with Gasteiger partial charge in [0.15, 0.2) is 0 Å². The molecule has 6 nitrogen and oxygen atoms in total. The van der Waals surface area contributed by atoms with Gasteiger partial charge >= 0.3 is 0 Å². The molecule has 0 saturated carbocycles. The minimum atomic E-state index is -0.312. The Balaban J connectivity index is 1.89. The summed E-state index contributed by atoms with van der Waals surface area (Å²) < 4.78 is 12.9. The van der Waals surface area contributed by atoms with E-state index in [2.05, 4.69) is 29.1 Å². The number of benzene rings is 1. The van der Waals surface area contributed by atoms with Crippen molar-refractivity contribution < 1.29 is 14.0 Å². The van der Waals surface area contributed by atoms with Crippen molar-refractivity contribution in [1.82, 2.24) is 20.2 Å². The molecule has 0 aliphatic rings. The third kappa shape index (κ3) is 7.13. The first-order valence-electron chi connectivity index (χ1n) is 9.02. The number of aromatic nitrogens is 2. The number of hydrogen-bond donors (Lipinski definition) is 1. The third-order valence-corrected chi connectivity index (χ3v) is 4.06. The summed E-state index contributed by atoms with van der Waals surface area (Å²) >= 11 is 0. The van der Waals surface area contributed by atoms with Crippen molar-refractivity contribution >= 4 is 11.8 Å². The summed E-state index contributed by atoms with van der Waals surface area (Å²) in [4.78, 5) is 34.4. The number of halogens is 1. The Labute approximate surface area is 158 Å². The van der Waals surface area contributed by atoms with Crippen LogP contribution in [0.2, 0.25) is 0 Å². The van der Waals surface area contributed by atoms with Crippen LogP contribution in [0.25, 0.3) is 0 Å². The first kappa shape index (κ1) is 20.5. The first-order valence-corrected chi connectivity index (χ1v) is 9.02. The second kappa shape index (κ2) is 10.4. The summed E-state index contributed by atoms with van der Waals surface area (Å²) in [6.07, 6.45) is 5.44. The number of amides is 2. The molecule has 144 valence electrons. The SMILES string of the molecule is CC(C)CCN(CCC(=O)NCc1ccc(F)cc1)C(=O)c1cnccn1. The van der Waals surface area contributed by atoms with Crippen LogP contribution in [-0.2, 0) is 11.3 Å². The van der Waals surface area contributed by atoms with Gasteiger partial charge in [0.2, 0.25) is 5.91 Å². The highest BCUT2D eigenvalue weighted by Crippen LogP contribution is 2.07. The van der Waals surface area contributed by atoms with Gasteiger partial charge in [-0.1, -0.05) is 26.0 Å². The Bertz CT molecular complexity index is 735. The van der Waals surface area contributed by atoms with E-state index in [4.69, 9.17) is 0 Å². The van der Waals surface area contributed by atoms with Crippen LogP contribution < -0.4 is 5.32 Å². The molecule has 1 aromatic heterocycles. The molecular weight excluding hydrogens is 347 g/mol. The van der Waals surface area contributed by atoms with Crippen molar-refractivity contribution in [3.8, 4) is 0 Å². The summed E-state index contributed by atoms with van der Waals surface area (Å²) in [6.45, 7) is 5.35. The fourth-order valence-electron chi connectivity index (χ4n) is 2.43. The monoisotopic (exact) mass is 372 g/mol. The van der Waals surface area contributed by atoms with Crippen LogP contribution in [0.1, 0.15) is 42.7 Å². The molecule has 0 fully saturated rings. The van der Waals surface area contributed by atoms with Crippen molar-refractivity contribution in [3.05, 3.63) is 59.9 Å². The minimum Gasteiger partial charge on any atom is -0.352 e. The van der Waals surface area contributed by atoms with E-state index in [0.717, 1.165) is 12.0 Å². The van der Waals surface area contributed by atoms with Gasteiger partial charge in [0, 0.05) is 38.4 Å². The molecule has 0 atom stereocenters. The largest absolute Gasteiger partial charge is 0.352 e. The summed E-state index contributed by atoms with van der Waals surface area (Å²) in [5.74, 6) is -0.265. The molecule has 2 amide bonds. The number of nitrogens with one attached hydrogen (secondary N) is 1. The highest BCUT2D eigenvalue weighted by molar-refractivity contribution is 5.92. The zero-order valence-electron chi connectivity index (χ0n) is 15.7. The van der Waals surface area contributed by atoms with Gasteiger partial charge in [-0.05, 0) is 30.0 Å². The third-order valence-electron chi connectivity index (χ3n) is 4.06. The normalized spacial score (nSPS) is 10.7. The van der Waals surface area contributed by atoms with Crippen molar-refractivity contribution in [2.24, 2.45) is 5.92 Å². The number of carbonyl (C=O) groups excluding carboxylic acids is 2. The van der Waals surface area contributed by atoms with Crippen LogP contribution in [0.15, 0.2) is 42.9 Å². The van der Waals surface area contributed by atoms with E-state index < -0.39 is 0 Å². The fourth-order valence-corrected chi connectivity index (χ4v) is 2.43. The predicted molar refractivity (Wildman–Crippen MR) is 100 cm³/mol. The molecule has 0 saturated heterocycles. The van der Waals surface area contributed by atoms with Crippen LogP contribution in [0.3, 0.4) is 0 Å². The molecule has 27 heavy (non-hydrogen) atoms. The topological polar surface area (TPSA) is 75.2 Å². The van der Waals surface area contributed by atoms with Gasteiger partial charge in [0.1, 0.15) is 11.5 Å². The van der Waals surface area contributed by atoms with E-state index in [0.29, 0.717) is 25.6 Å². The highest BCUT2D eigenvalue weighted by atomic mass is 19.1. The lowest BCUT2D eigenvalue weighted by molar-refractivity contribution is -0.121. The smallest absolute Gasteiger partial charge is 0.274 e. The van der Waals surface area contributed by atoms with Gasteiger partial charge in [-0.3, -0.25) is 14.6 Å². The van der Waals surface area contributed by atoms with Gasteiger partial charge in [-0.2, -0.15) is 0 Å². The fraction of sp³-hybridized carbons (Fsp3) is 0.400. The summed E-state index contributed by atoms with van der Waals surface area (Å²) in [6, 6.07) is 5.97. The van der Waals surface area contributed by atoms with E-state index in [9.17, 15) is 14.0 Å². The van der Waals surface area contributed by atoms with E-state index in [1.807, 2.05) is 0 Å². The summed E-state index contributed by atoms with van der Waals surface area (Å²) in [5, 5.41) is 2.79. The van der Waals surface area contributed by atoms with E-state index in [1.54, 1.807) is 17.0 Å². The second-order valence-electron chi connectivity index (χ2n) is 6.72. The molecule has 0 aliphatic heterocycles. The molecule has 2 aromatic rings. The van der Waals surface area contributed by atoms with Gasteiger partial charge in [0.25, 0.3) is 5.91 Å². The Morgan fingerprint density at radius 2 is 1.89 bits per heavy atom. The predicted octanol–water partition coefficient (Wildman–Crippen LogP) is 2.81. The van der Waals surface area contributed by atoms with Gasteiger partial charge < -0.3 is 10.2 Å². The Kier molecular flexibility index (Phi) is 7.85. The van der Waals surface area contributed by atoms with Crippen LogP contribution in [0.5, 0.6) is 0 Å². The van der Waals surface area contributed by atoms with Crippen molar-refractivity contribution in [1.29, 1.82) is 0 Å². The molecule has 0 bridgehead atoms. The average Bonchev–Trinajstić information content (AvgIpc) is 2.67. The van der Waals surface area contributed by atoms with Gasteiger partial charge in [0.05, 0.1) is 6.20 Å². The maximum atomic E-state index is 12.9. The number of nitrogens with zero attached hydrogens (tertiary/aromatic N) is 3. The van der Waals surface area contributed by atoms with Crippen LogP contribution in [-0.4, -0.2) is 39.8 Å². The molecule has 0 aliphatic carbocycles. The molecule has 1 heterocycles. The lowest BCUT2D eigenvalue weighted by atomic mass is 10.1. The van der Waals surface area contributed by atoms with Gasteiger partial charge in [-0.15, -0.1) is 0 Å². The van der Waals surface area contributed by atoms with Crippen molar-refractivity contribution in [2.45, 2.75) is 33.2 Å². The molecule has 1 N–H and O–H groups in total. The Morgan fingerprint density at radius 3 is 2.52 bits per heavy atom. The van der Waals surface area contributed by atoms with E-state index in [1.165, 1.54) is 30.7 Å². The van der Waals surface area contributed by atoms with Gasteiger partial charge in [-0.25, -0.2) is 9.37 Å². The minimum absolute atomic E-state index is 0.166. The average molecular weight is 372 g/mol. The summed E-state index contributed by atoms with van der Waals surface area (Å²) in [7, 11) is 0. The molecule has 2 rings (SSSR count). The molecule has 7 heteroatoms. The zero-order valence-corrected chi connectivity index (χ0v) is 15.7. The Hall–Kier alpha value is -2.83. The Morgan fingerprint density at radius 1 is 1.15 bits per heavy atom. The lowest BCUT2D eigenvalue weighted by Crippen LogP contribution is -2.36. The molecule has 0 unspecified atom stereocenters. The molecule has 0 spiro atoms. The molecule has 1 aromatic carbocycles. The zero-order chi connectivity index (χ0) is 19.6. The lowest BCUT2D eigenvalue weighted by Gasteiger charge is -2.23. The standard InChI is InChI=1S/C20H25FN4O2/c1-15(2)7-11-25(20(27)18-14-22-9-10-23-18)12-8-19(26)24-13-16-3-5-17(21)6-4-16/h3-6,9-10,14-15H,7-8,11-13H2,1-2H3,(H,24,26). The van der Waals surface area contributed by atoms with Crippen LogP contribution in [0, 0.1) is 11.7 Å². The summed E-state index contributed by atoms with van der Waals surface area (Å²) in [5.41, 5.74) is 1.09. The van der Waals surface area contributed by atoms with E-state index in [-0.39, 0.29) is 29.7 Å². The maximum absolute atomic E-state index is 12.9. The maximum Gasteiger partial charge on any atom is 0.274 e. The second-order valence-corrected chi connectivity index (χ2v) is 6.72. The van der Waals surface area contributed by atoms with Crippen molar-refractivity contribution in [3.63, 3.8) is 0 Å². The van der Waals surface area contributed by atoms with Crippen LogP contribution >= 0.6 is 0 Å². The molecule has 0 radical (unpaired) electrons. The van der Waals surface area contributed by atoms with Crippen LogP contribution in [0.4, 0.5) is 4.39 Å². The molecular formula is C20H25FN4O2. The number of carbonyl (C=O) groups is 2. The quantitative estimate of drug-likeness (QED) is 0.734. The highest BCUT2D eigenvalue weighted by Gasteiger charge is 2.18.